The second-order valence-electron chi connectivity index (χ2n) is 6.48. The molecule has 6 nitrogen and oxygen atoms in total. The number of carbonyl (C=O) groups excluding carboxylic acids is 1. The molecule has 1 heterocycles. The van der Waals surface area contributed by atoms with Gasteiger partial charge in [0, 0.05) is 23.1 Å². The number of hydrogen-bond acceptors (Lipinski definition) is 5. The van der Waals surface area contributed by atoms with Crippen LogP contribution in [0.4, 0.5) is 5.69 Å². The lowest BCUT2D eigenvalue weighted by molar-refractivity contribution is -0.115. The van der Waals surface area contributed by atoms with Gasteiger partial charge in [-0.05, 0) is 25.1 Å². The minimum Gasteiger partial charge on any atom is -0.325 e. The zero-order valence-electron chi connectivity index (χ0n) is 15.7. The molecule has 3 aromatic rings. The maximum Gasteiger partial charge on any atom is 0.274 e. The highest BCUT2D eigenvalue weighted by Crippen LogP contribution is 2.28. The lowest BCUT2D eigenvalue weighted by Gasteiger charge is -2.12. The minimum absolute atomic E-state index is 0.0578. The number of para-hydroxylation sites is 1. The number of nitriles is 1. The van der Waals surface area contributed by atoms with E-state index >= 15 is 0 Å². The molecule has 0 aliphatic carbocycles. The summed E-state index contributed by atoms with van der Waals surface area (Å²) in [5.41, 5.74) is 1.07. The summed E-state index contributed by atoms with van der Waals surface area (Å²) in [6.45, 7) is 1.87. The fourth-order valence-corrected chi connectivity index (χ4v) is 3.75. The summed E-state index contributed by atoms with van der Waals surface area (Å²) in [5, 5.41) is 17.4. The Labute approximate surface area is 167 Å². The number of fused-ring (bicyclic) bond motifs is 1. The molecule has 0 bridgehead atoms. The standard InChI is InChI=1S/C21H20N4O2S/c1-14(12-22)13-28-19-10-6-5-9-17(19)23-20(26)11-18-15-7-3-4-8-16(15)21(27)25(2)24-18/h3-10,14H,11,13H2,1-2H3,(H,23,26). The fraction of sp³-hybridized carbons (Fsp3) is 0.238. The summed E-state index contributed by atoms with van der Waals surface area (Å²) >= 11 is 1.54. The van der Waals surface area contributed by atoms with Gasteiger partial charge in [-0.1, -0.05) is 30.3 Å². The summed E-state index contributed by atoms with van der Waals surface area (Å²) in [6, 6.07) is 16.9. The Bertz CT molecular complexity index is 1120. The van der Waals surface area contributed by atoms with Gasteiger partial charge >= 0.3 is 0 Å². The first kappa shape index (κ1) is 19.6. The molecule has 1 aromatic heterocycles. The molecule has 3 rings (SSSR count). The van der Waals surface area contributed by atoms with Crippen LogP contribution in [-0.2, 0) is 18.3 Å². The number of thioether (sulfide) groups is 1. The Morgan fingerprint density at radius 3 is 2.64 bits per heavy atom. The molecule has 0 saturated carbocycles. The second kappa shape index (κ2) is 8.72. The largest absolute Gasteiger partial charge is 0.325 e. The van der Waals surface area contributed by atoms with Crippen LogP contribution < -0.4 is 10.9 Å². The van der Waals surface area contributed by atoms with E-state index in [1.54, 1.807) is 25.2 Å². The van der Waals surface area contributed by atoms with Crippen molar-refractivity contribution in [3.8, 4) is 6.07 Å². The number of benzene rings is 2. The van der Waals surface area contributed by atoms with Crippen molar-refractivity contribution in [3.63, 3.8) is 0 Å². The molecular formula is C21H20N4O2S. The van der Waals surface area contributed by atoms with E-state index in [1.807, 2.05) is 37.3 Å². The average Bonchev–Trinajstić information content (AvgIpc) is 2.71. The van der Waals surface area contributed by atoms with Crippen LogP contribution in [0, 0.1) is 17.2 Å². The van der Waals surface area contributed by atoms with Gasteiger partial charge in [0.1, 0.15) is 0 Å². The number of aryl methyl sites for hydroxylation is 1. The Morgan fingerprint density at radius 1 is 1.21 bits per heavy atom. The van der Waals surface area contributed by atoms with Crippen molar-refractivity contribution >= 4 is 34.1 Å². The molecule has 142 valence electrons. The van der Waals surface area contributed by atoms with Crippen molar-refractivity contribution < 1.29 is 4.79 Å². The van der Waals surface area contributed by atoms with Crippen molar-refractivity contribution in [1.82, 2.24) is 9.78 Å². The summed E-state index contributed by atoms with van der Waals surface area (Å²) in [7, 11) is 1.58. The van der Waals surface area contributed by atoms with E-state index in [4.69, 9.17) is 5.26 Å². The Morgan fingerprint density at radius 2 is 1.89 bits per heavy atom. The highest BCUT2D eigenvalue weighted by molar-refractivity contribution is 7.99. The van der Waals surface area contributed by atoms with Crippen LogP contribution in [0.5, 0.6) is 0 Å². The molecule has 0 fully saturated rings. The van der Waals surface area contributed by atoms with Crippen LogP contribution in [-0.4, -0.2) is 21.4 Å². The van der Waals surface area contributed by atoms with Crippen molar-refractivity contribution in [3.05, 3.63) is 64.6 Å². The van der Waals surface area contributed by atoms with Gasteiger partial charge < -0.3 is 5.32 Å². The van der Waals surface area contributed by atoms with Crippen LogP contribution in [0.3, 0.4) is 0 Å². The molecule has 2 aromatic carbocycles. The van der Waals surface area contributed by atoms with Crippen molar-refractivity contribution in [2.45, 2.75) is 18.2 Å². The van der Waals surface area contributed by atoms with E-state index in [-0.39, 0.29) is 23.8 Å². The smallest absolute Gasteiger partial charge is 0.274 e. The van der Waals surface area contributed by atoms with E-state index in [0.29, 0.717) is 27.9 Å². The molecule has 1 unspecified atom stereocenters. The van der Waals surface area contributed by atoms with Gasteiger partial charge in [-0.15, -0.1) is 11.8 Å². The summed E-state index contributed by atoms with van der Waals surface area (Å²) in [6.07, 6.45) is 0.0578. The lowest BCUT2D eigenvalue weighted by Crippen LogP contribution is -2.24. The average molecular weight is 392 g/mol. The number of hydrogen-bond donors (Lipinski definition) is 1. The Kier molecular flexibility index (Phi) is 6.12. The molecule has 0 spiro atoms. The first-order chi connectivity index (χ1) is 13.5. The van der Waals surface area contributed by atoms with Gasteiger partial charge in [0.2, 0.25) is 5.91 Å². The molecule has 0 aliphatic heterocycles. The second-order valence-corrected chi connectivity index (χ2v) is 7.55. The van der Waals surface area contributed by atoms with Crippen LogP contribution in [0.15, 0.2) is 58.2 Å². The van der Waals surface area contributed by atoms with Crippen LogP contribution in [0.2, 0.25) is 0 Å². The number of carbonyl (C=O) groups is 1. The number of rotatable bonds is 6. The summed E-state index contributed by atoms with van der Waals surface area (Å²) in [5.74, 6) is 0.365. The zero-order chi connectivity index (χ0) is 20.1. The van der Waals surface area contributed by atoms with Gasteiger partial charge in [0.05, 0.1) is 35.2 Å². The number of nitrogens with one attached hydrogen (secondary N) is 1. The third-order valence-corrected chi connectivity index (χ3v) is 5.57. The molecule has 7 heteroatoms. The lowest BCUT2D eigenvalue weighted by atomic mass is 10.1. The van der Waals surface area contributed by atoms with Crippen molar-refractivity contribution in [2.24, 2.45) is 13.0 Å². The molecule has 1 N–H and O–H groups in total. The first-order valence-corrected chi connectivity index (χ1v) is 9.84. The van der Waals surface area contributed by atoms with Gasteiger partial charge in [-0.2, -0.15) is 10.4 Å². The van der Waals surface area contributed by atoms with Crippen molar-refractivity contribution in [2.75, 3.05) is 11.1 Å². The molecule has 0 radical (unpaired) electrons. The Hall–Kier alpha value is -3.11. The summed E-state index contributed by atoms with van der Waals surface area (Å²) in [4.78, 5) is 25.8. The molecule has 0 saturated heterocycles. The molecular weight excluding hydrogens is 372 g/mol. The van der Waals surface area contributed by atoms with Crippen LogP contribution in [0.1, 0.15) is 12.6 Å². The van der Waals surface area contributed by atoms with Crippen LogP contribution >= 0.6 is 11.8 Å². The maximum absolute atomic E-state index is 12.7. The van der Waals surface area contributed by atoms with E-state index < -0.39 is 0 Å². The fourth-order valence-electron chi connectivity index (χ4n) is 2.80. The van der Waals surface area contributed by atoms with E-state index in [0.717, 1.165) is 4.90 Å². The maximum atomic E-state index is 12.7. The topological polar surface area (TPSA) is 87.8 Å². The van der Waals surface area contributed by atoms with Crippen molar-refractivity contribution in [1.29, 1.82) is 5.26 Å². The monoisotopic (exact) mass is 392 g/mol. The van der Waals surface area contributed by atoms with Gasteiger partial charge in [-0.3, -0.25) is 9.59 Å². The Balaban J connectivity index is 1.81. The van der Waals surface area contributed by atoms with Gasteiger partial charge in [0.25, 0.3) is 5.56 Å². The molecule has 1 atom stereocenters. The van der Waals surface area contributed by atoms with E-state index in [2.05, 4.69) is 16.5 Å². The van der Waals surface area contributed by atoms with E-state index in [9.17, 15) is 9.59 Å². The quantitative estimate of drug-likeness (QED) is 0.650. The molecule has 0 aliphatic rings. The SMILES string of the molecule is CC(C#N)CSc1ccccc1NC(=O)Cc1nn(C)c(=O)c2ccccc12. The number of anilines is 1. The zero-order valence-corrected chi connectivity index (χ0v) is 16.5. The number of nitrogens with zero attached hydrogens (tertiary/aromatic N) is 3. The number of amides is 1. The van der Waals surface area contributed by atoms with Gasteiger partial charge in [0.15, 0.2) is 0 Å². The number of aromatic nitrogens is 2. The minimum atomic E-state index is -0.210. The third-order valence-electron chi connectivity index (χ3n) is 4.23. The van der Waals surface area contributed by atoms with E-state index in [1.165, 1.54) is 16.4 Å². The normalized spacial score (nSPS) is 11.8. The first-order valence-electron chi connectivity index (χ1n) is 8.86. The molecule has 28 heavy (non-hydrogen) atoms. The van der Waals surface area contributed by atoms with Crippen LogP contribution in [0.25, 0.3) is 10.8 Å². The van der Waals surface area contributed by atoms with Gasteiger partial charge in [-0.25, -0.2) is 4.68 Å². The predicted molar refractivity (Wildman–Crippen MR) is 111 cm³/mol. The highest BCUT2D eigenvalue weighted by atomic mass is 32.2. The molecule has 1 amide bonds. The highest BCUT2D eigenvalue weighted by Gasteiger charge is 2.14. The summed E-state index contributed by atoms with van der Waals surface area (Å²) < 4.78 is 1.26. The predicted octanol–water partition coefficient (Wildman–Crippen LogP) is 3.37. The third kappa shape index (κ3) is 4.41.